The van der Waals surface area contributed by atoms with Crippen molar-refractivity contribution in [2.24, 2.45) is 0 Å². The van der Waals surface area contributed by atoms with Gasteiger partial charge in [-0.15, -0.1) is 11.3 Å². The molecule has 3 aromatic rings. The van der Waals surface area contributed by atoms with Crippen LogP contribution < -0.4 is 0 Å². The number of phenolic OH excluding ortho intramolecular Hbond substituents is 1. The van der Waals surface area contributed by atoms with E-state index >= 15 is 0 Å². The van der Waals surface area contributed by atoms with Crippen LogP contribution >= 0.6 is 11.3 Å². The summed E-state index contributed by atoms with van der Waals surface area (Å²) in [4.78, 5) is 15.8. The maximum absolute atomic E-state index is 11.4. The van der Waals surface area contributed by atoms with Crippen LogP contribution in [0.4, 0.5) is 0 Å². The number of hydrogen-bond donors (Lipinski definition) is 1. The Balaban J connectivity index is 2.02. The number of para-hydroxylation sites is 1. The highest BCUT2D eigenvalue weighted by molar-refractivity contribution is 7.21. The highest BCUT2D eigenvalue weighted by atomic mass is 32.1. The largest absolute Gasteiger partial charge is 0.506 e. The van der Waals surface area contributed by atoms with Gasteiger partial charge in [0.05, 0.1) is 17.4 Å². The van der Waals surface area contributed by atoms with Crippen LogP contribution in [0.3, 0.4) is 0 Å². The normalized spacial score (nSPS) is 10.7. The van der Waals surface area contributed by atoms with E-state index in [1.807, 2.05) is 18.2 Å². The number of rotatable bonds is 2. The number of fused-ring (bicyclic) bond motifs is 1. The topological polar surface area (TPSA) is 59.4 Å². The summed E-state index contributed by atoms with van der Waals surface area (Å²) in [6.45, 7) is 0. The molecule has 0 atom stereocenters. The molecule has 0 aliphatic carbocycles. The number of aromatic nitrogens is 1. The van der Waals surface area contributed by atoms with Gasteiger partial charge in [0, 0.05) is 5.56 Å². The van der Waals surface area contributed by atoms with Gasteiger partial charge in [-0.25, -0.2) is 9.78 Å². The van der Waals surface area contributed by atoms with Crippen molar-refractivity contribution in [1.29, 1.82) is 0 Å². The van der Waals surface area contributed by atoms with Crippen LogP contribution in [0.5, 0.6) is 5.75 Å². The predicted molar refractivity (Wildman–Crippen MR) is 78.1 cm³/mol. The molecule has 1 heterocycles. The molecule has 0 aliphatic heterocycles. The fourth-order valence-electron chi connectivity index (χ4n) is 1.92. The molecule has 0 saturated carbocycles. The van der Waals surface area contributed by atoms with Gasteiger partial charge in [-0.05, 0) is 24.3 Å². The second kappa shape index (κ2) is 4.94. The Kier molecular flexibility index (Phi) is 3.12. The first-order chi connectivity index (χ1) is 9.69. The smallest absolute Gasteiger partial charge is 0.337 e. The van der Waals surface area contributed by atoms with Crippen LogP contribution in [0.2, 0.25) is 0 Å². The molecule has 4 nitrogen and oxygen atoms in total. The number of hydrogen-bond acceptors (Lipinski definition) is 5. The number of methoxy groups -OCH3 is 1. The highest BCUT2D eigenvalue weighted by Crippen LogP contribution is 2.34. The molecule has 1 aromatic heterocycles. The molecule has 0 bridgehead atoms. The summed E-state index contributed by atoms with van der Waals surface area (Å²) in [6.07, 6.45) is 0. The summed E-state index contributed by atoms with van der Waals surface area (Å²) in [5.41, 5.74) is 2.00. The fourth-order valence-corrected chi connectivity index (χ4v) is 2.92. The van der Waals surface area contributed by atoms with Gasteiger partial charge in [-0.2, -0.15) is 0 Å². The van der Waals surface area contributed by atoms with Crippen LogP contribution in [0, 0.1) is 0 Å². The third-order valence-corrected chi connectivity index (χ3v) is 4.02. The van der Waals surface area contributed by atoms with Gasteiger partial charge in [-0.1, -0.05) is 18.2 Å². The zero-order valence-corrected chi connectivity index (χ0v) is 11.5. The molecule has 0 unspecified atom stereocenters. The van der Waals surface area contributed by atoms with Gasteiger partial charge in [0.2, 0.25) is 0 Å². The van der Waals surface area contributed by atoms with Gasteiger partial charge in [0.25, 0.3) is 0 Å². The zero-order chi connectivity index (χ0) is 14.1. The third-order valence-electron chi connectivity index (χ3n) is 2.95. The lowest BCUT2D eigenvalue weighted by Crippen LogP contribution is -2.00. The Hall–Kier alpha value is -2.40. The molecule has 100 valence electrons. The summed E-state index contributed by atoms with van der Waals surface area (Å²) in [5.74, 6) is -0.185. The van der Waals surface area contributed by atoms with Crippen molar-refractivity contribution in [3.05, 3.63) is 48.0 Å². The second-order valence-electron chi connectivity index (χ2n) is 4.21. The van der Waals surface area contributed by atoms with Gasteiger partial charge < -0.3 is 9.84 Å². The van der Waals surface area contributed by atoms with Crippen LogP contribution in [0.25, 0.3) is 20.8 Å². The molecule has 0 spiro atoms. The van der Waals surface area contributed by atoms with Crippen molar-refractivity contribution in [2.75, 3.05) is 7.11 Å². The molecule has 0 fully saturated rings. The average molecular weight is 285 g/mol. The molecule has 0 saturated heterocycles. The number of thiazole rings is 1. The first kappa shape index (κ1) is 12.6. The minimum absolute atomic E-state index is 0.177. The summed E-state index contributed by atoms with van der Waals surface area (Å²) in [6, 6.07) is 12.4. The Bertz CT molecular complexity index is 777. The van der Waals surface area contributed by atoms with E-state index in [9.17, 15) is 9.90 Å². The number of phenols is 1. The lowest BCUT2D eigenvalue weighted by molar-refractivity contribution is 0.0601. The molecule has 1 N–H and O–H groups in total. The lowest BCUT2D eigenvalue weighted by atomic mass is 10.1. The van der Waals surface area contributed by atoms with E-state index in [1.165, 1.54) is 18.4 Å². The van der Waals surface area contributed by atoms with Gasteiger partial charge in [0.15, 0.2) is 0 Å². The number of carbonyl (C=O) groups is 1. The summed E-state index contributed by atoms with van der Waals surface area (Å²) in [5, 5.41) is 10.6. The summed E-state index contributed by atoms with van der Waals surface area (Å²) in [7, 11) is 1.35. The van der Waals surface area contributed by atoms with Crippen molar-refractivity contribution in [1.82, 2.24) is 4.98 Å². The van der Waals surface area contributed by atoms with E-state index < -0.39 is 0 Å². The van der Waals surface area contributed by atoms with E-state index in [-0.39, 0.29) is 11.7 Å². The van der Waals surface area contributed by atoms with E-state index in [2.05, 4.69) is 9.72 Å². The summed E-state index contributed by atoms with van der Waals surface area (Å²) >= 11 is 1.50. The number of benzene rings is 2. The van der Waals surface area contributed by atoms with Crippen molar-refractivity contribution in [3.8, 4) is 16.3 Å². The van der Waals surface area contributed by atoms with Crippen molar-refractivity contribution in [2.45, 2.75) is 0 Å². The SMILES string of the molecule is COC(=O)c1ccc(-c2nc3c(O)cccc3s2)cc1. The molecule has 20 heavy (non-hydrogen) atoms. The molecular formula is C15H11NO3S. The maximum Gasteiger partial charge on any atom is 0.337 e. The van der Waals surface area contributed by atoms with E-state index in [0.29, 0.717) is 11.1 Å². The van der Waals surface area contributed by atoms with Crippen molar-refractivity contribution >= 4 is 27.5 Å². The maximum atomic E-state index is 11.4. The lowest BCUT2D eigenvalue weighted by Gasteiger charge is -2.00. The highest BCUT2D eigenvalue weighted by Gasteiger charge is 2.10. The van der Waals surface area contributed by atoms with Gasteiger partial charge >= 0.3 is 5.97 Å². The number of aromatic hydroxyl groups is 1. The minimum Gasteiger partial charge on any atom is -0.506 e. The van der Waals surface area contributed by atoms with Crippen LogP contribution in [-0.4, -0.2) is 23.2 Å². The van der Waals surface area contributed by atoms with E-state index in [4.69, 9.17) is 0 Å². The van der Waals surface area contributed by atoms with Crippen LogP contribution in [0.15, 0.2) is 42.5 Å². The first-order valence-electron chi connectivity index (χ1n) is 5.96. The molecule has 0 amide bonds. The Morgan fingerprint density at radius 3 is 2.60 bits per heavy atom. The molecule has 2 aromatic carbocycles. The second-order valence-corrected chi connectivity index (χ2v) is 5.24. The quantitative estimate of drug-likeness (QED) is 0.733. The average Bonchev–Trinajstić information content (AvgIpc) is 2.92. The van der Waals surface area contributed by atoms with E-state index in [0.717, 1.165) is 15.3 Å². The standard InChI is InChI=1S/C15H11NO3S/c1-19-15(18)10-7-5-9(6-8-10)14-16-13-11(17)3-2-4-12(13)20-14/h2-8,17H,1H3. The molecule has 0 aliphatic rings. The molecule has 5 heteroatoms. The van der Waals surface area contributed by atoms with Crippen LogP contribution in [0.1, 0.15) is 10.4 Å². The van der Waals surface area contributed by atoms with Crippen LogP contribution in [-0.2, 0) is 4.74 Å². The Morgan fingerprint density at radius 2 is 1.95 bits per heavy atom. The molecular weight excluding hydrogens is 274 g/mol. The fraction of sp³-hybridized carbons (Fsp3) is 0.0667. The Labute approximate surface area is 119 Å². The minimum atomic E-state index is -0.363. The number of ether oxygens (including phenoxy) is 1. The van der Waals surface area contributed by atoms with E-state index in [1.54, 1.807) is 24.3 Å². The Morgan fingerprint density at radius 1 is 1.20 bits per heavy atom. The van der Waals surface area contributed by atoms with Crippen molar-refractivity contribution < 1.29 is 14.6 Å². The zero-order valence-electron chi connectivity index (χ0n) is 10.7. The summed E-state index contributed by atoms with van der Waals surface area (Å²) < 4.78 is 5.59. The number of esters is 1. The molecule has 0 radical (unpaired) electrons. The monoisotopic (exact) mass is 285 g/mol. The van der Waals surface area contributed by atoms with Gasteiger partial charge in [-0.3, -0.25) is 0 Å². The predicted octanol–water partition coefficient (Wildman–Crippen LogP) is 3.46. The number of nitrogens with zero attached hydrogens (tertiary/aromatic N) is 1. The van der Waals surface area contributed by atoms with Crippen molar-refractivity contribution in [3.63, 3.8) is 0 Å². The first-order valence-corrected chi connectivity index (χ1v) is 6.78. The third kappa shape index (κ3) is 2.12. The number of carbonyl (C=O) groups excluding carboxylic acids is 1. The van der Waals surface area contributed by atoms with Gasteiger partial charge in [0.1, 0.15) is 16.3 Å². The molecule has 3 rings (SSSR count).